The predicted molar refractivity (Wildman–Crippen MR) is 103 cm³/mol. The van der Waals surface area contributed by atoms with Gasteiger partial charge in [-0.3, -0.25) is 5.32 Å². The van der Waals surface area contributed by atoms with Crippen LogP contribution in [0.3, 0.4) is 0 Å². The highest BCUT2D eigenvalue weighted by molar-refractivity contribution is 5.98. The van der Waals surface area contributed by atoms with Crippen molar-refractivity contribution >= 4 is 23.5 Å². The van der Waals surface area contributed by atoms with E-state index in [0.717, 1.165) is 31.6 Å². The molecule has 0 aliphatic heterocycles. The maximum atomic E-state index is 12.6. The van der Waals surface area contributed by atoms with E-state index in [1.54, 1.807) is 13.0 Å². The van der Waals surface area contributed by atoms with E-state index >= 15 is 0 Å². The molecule has 0 radical (unpaired) electrons. The molecule has 0 saturated heterocycles. The molecule has 2 amide bonds. The number of hydrogen-bond donors (Lipinski definition) is 3. The number of hydrogen-bond acceptors (Lipinski definition) is 5. The first-order chi connectivity index (χ1) is 13.2. The molecule has 10 heteroatoms. The van der Waals surface area contributed by atoms with Crippen LogP contribution in [0.2, 0.25) is 0 Å². The van der Waals surface area contributed by atoms with Crippen LogP contribution in [0.5, 0.6) is 0 Å². The van der Waals surface area contributed by atoms with Crippen LogP contribution in [0.25, 0.3) is 0 Å². The fraction of sp³-hybridized carbons (Fsp3) is 0.389. The maximum absolute atomic E-state index is 12.6. The number of aryl methyl sites for hydroxylation is 1. The van der Waals surface area contributed by atoms with Gasteiger partial charge in [0.15, 0.2) is 0 Å². The van der Waals surface area contributed by atoms with Crippen LogP contribution in [0, 0.1) is 6.92 Å². The molecule has 0 atom stereocenters. The standard InChI is InChI=1S/C18H23F3N6O/c1-12-11-15(27(3)10-4-9-22-2)25-16(23-12)26-17(28)24-14-7-5-13(6-8-14)18(19,20)21/h5-8,11,22H,4,9-10H2,1-3H3,(H2,23,24,25,26,28). The molecule has 152 valence electrons. The van der Waals surface area contributed by atoms with Gasteiger partial charge in [0.1, 0.15) is 5.82 Å². The Bertz CT molecular complexity index is 795. The summed E-state index contributed by atoms with van der Waals surface area (Å²) in [4.78, 5) is 22.6. The molecular weight excluding hydrogens is 373 g/mol. The summed E-state index contributed by atoms with van der Waals surface area (Å²) in [6.07, 6.45) is -3.50. The summed E-state index contributed by atoms with van der Waals surface area (Å²) >= 11 is 0. The first kappa shape index (κ1) is 21.4. The van der Waals surface area contributed by atoms with Crippen LogP contribution in [0.4, 0.5) is 35.4 Å². The average molecular weight is 396 g/mol. The van der Waals surface area contributed by atoms with Crippen molar-refractivity contribution in [1.82, 2.24) is 15.3 Å². The van der Waals surface area contributed by atoms with Gasteiger partial charge in [0.2, 0.25) is 5.95 Å². The highest BCUT2D eigenvalue weighted by Gasteiger charge is 2.30. The van der Waals surface area contributed by atoms with E-state index in [0.29, 0.717) is 11.5 Å². The molecule has 2 aromatic rings. The molecule has 0 saturated carbocycles. The smallest absolute Gasteiger partial charge is 0.359 e. The minimum atomic E-state index is -4.42. The summed E-state index contributed by atoms with van der Waals surface area (Å²) in [5, 5.41) is 8.04. The molecule has 3 N–H and O–H groups in total. The predicted octanol–water partition coefficient (Wildman–Crippen LogP) is 3.49. The number of nitrogens with one attached hydrogen (secondary N) is 3. The zero-order valence-electron chi connectivity index (χ0n) is 15.9. The van der Waals surface area contributed by atoms with Crippen molar-refractivity contribution in [3.05, 3.63) is 41.6 Å². The third-order valence-corrected chi connectivity index (χ3v) is 3.85. The minimum absolute atomic E-state index is 0.111. The SMILES string of the molecule is CNCCCN(C)c1cc(C)nc(NC(=O)Nc2ccc(C(F)(F)F)cc2)n1. The van der Waals surface area contributed by atoms with Gasteiger partial charge >= 0.3 is 12.2 Å². The van der Waals surface area contributed by atoms with E-state index in [1.807, 2.05) is 19.0 Å². The molecular formula is C18H23F3N6O. The zero-order chi connectivity index (χ0) is 20.7. The number of alkyl halides is 3. The van der Waals surface area contributed by atoms with Crippen molar-refractivity contribution in [2.24, 2.45) is 0 Å². The van der Waals surface area contributed by atoms with Crippen LogP contribution in [-0.2, 0) is 6.18 Å². The fourth-order valence-electron chi connectivity index (χ4n) is 2.42. The molecule has 0 bridgehead atoms. The number of benzene rings is 1. The second-order valence-corrected chi connectivity index (χ2v) is 6.22. The Labute approximate surface area is 161 Å². The molecule has 0 aliphatic rings. The molecule has 28 heavy (non-hydrogen) atoms. The monoisotopic (exact) mass is 396 g/mol. The number of urea groups is 1. The Morgan fingerprint density at radius 3 is 2.43 bits per heavy atom. The van der Waals surface area contributed by atoms with Crippen LogP contribution < -0.4 is 20.9 Å². The quantitative estimate of drug-likeness (QED) is 0.624. The van der Waals surface area contributed by atoms with Gasteiger partial charge < -0.3 is 15.5 Å². The number of carbonyl (C=O) groups is 1. The van der Waals surface area contributed by atoms with E-state index in [1.165, 1.54) is 12.1 Å². The van der Waals surface area contributed by atoms with E-state index in [2.05, 4.69) is 25.9 Å². The molecule has 7 nitrogen and oxygen atoms in total. The van der Waals surface area contributed by atoms with E-state index < -0.39 is 17.8 Å². The average Bonchev–Trinajstić information content (AvgIpc) is 2.61. The Hall–Kier alpha value is -2.88. The lowest BCUT2D eigenvalue weighted by atomic mass is 10.2. The molecule has 1 heterocycles. The van der Waals surface area contributed by atoms with Gasteiger partial charge in [-0.15, -0.1) is 0 Å². The number of anilines is 3. The first-order valence-electron chi connectivity index (χ1n) is 8.65. The van der Waals surface area contributed by atoms with Gasteiger partial charge in [-0.05, 0) is 51.2 Å². The fourth-order valence-corrected chi connectivity index (χ4v) is 2.42. The van der Waals surface area contributed by atoms with Gasteiger partial charge in [-0.1, -0.05) is 0 Å². The summed E-state index contributed by atoms with van der Waals surface area (Å²) in [6, 6.07) is 5.32. The van der Waals surface area contributed by atoms with Gasteiger partial charge in [0.05, 0.1) is 5.56 Å². The number of nitrogens with zero attached hydrogens (tertiary/aromatic N) is 3. The minimum Gasteiger partial charge on any atom is -0.359 e. The van der Waals surface area contributed by atoms with Crippen LogP contribution in [-0.4, -0.2) is 43.2 Å². The Morgan fingerprint density at radius 2 is 1.82 bits per heavy atom. The topological polar surface area (TPSA) is 82.2 Å². The highest BCUT2D eigenvalue weighted by atomic mass is 19.4. The third kappa shape index (κ3) is 6.38. The summed E-state index contributed by atoms with van der Waals surface area (Å²) in [5.74, 6) is 0.772. The van der Waals surface area contributed by atoms with Crippen LogP contribution in [0.15, 0.2) is 30.3 Å². The Kier molecular flexibility index (Phi) is 7.16. The number of carbonyl (C=O) groups excluding carboxylic acids is 1. The summed E-state index contributed by atoms with van der Waals surface area (Å²) in [7, 11) is 3.77. The highest BCUT2D eigenvalue weighted by Crippen LogP contribution is 2.29. The second-order valence-electron chi connectivity index (χ2n) is 6.22. The van der Waals surface area contributed by atoms with Crippen LogP contribution >= 0.6 is 0 Å². The largest absolute Gasteiger partial charge is 0.416 e. The Balaban J connectivity index is 2.01. The molecule has 0 unspecified atom stereocenters. The maximum Gasteiger partial charge on any atom is 0.416 e. The van der Waals surface area contributed by atoms with E-state index in [-0.39, 0.29) is 11.6 Å². The van der Waals surface area contributed by atoms with Crippen molar-refractivity contribution in [1.29, 1.82) is 0 Å². The molecule has 0 fully saturated rings. The van der Waals surface area contributed by atoms with Crippen molar-refractivity contribution in [3.63, 3.8) is 0 Å². The molecule has 1 aromatic heterocycles. The van der Waals surface area contributed by atoms with Gasteiger partial charge in [0, 0.05) is 31.0 Å². The third-order valence-electron chi connectivity index (χ3n) is 3.85. The molecule has 0 aliphatic carbocycles. The number of aromatic nitrogens is 2. The summed E-state index contributed by atoms with van der Waals surface area (Å²) in [6.45, 7) is 3.43. The summed E-state index contributed by atoms with van der Waals surface area (Å²) in [5.41, 5.74) is 0.115. The van der Waals surface area contributed by atoms with Gasteiger partial charge in [-0.25, -0.2) is 9.78 Å². The van der Waals surface area contributed by atoms with Crippen molar-refractivity contribution < 1.29 is 18.0 Å². The second kappa shape index (κ2) is 9.36. The van der Waals surface area contributed by atoms with E-state index in [9.17, 15) is 18.0 Å². The van der Waals surface area contributed by atoms with Gasteiger partial charge in [0.25, 0.3) is 0 Å². The Morgan fingerprint density at radius 1 is 1.14 bits per heavy atom. The first-order valence-corrected chi connectivity index (χ1v) is 8.65. The van der Waals surface area contributed by atoms with Crippen LogP contribution in [0.1, 0.15) is 17.7 Å². The zero-order valence-corrected chi connectivity index (χ0v) is 15.9. The summed E-state index contributed by atoms with van der Waals surface area (Å²) < 4.78 is 37.8. The van der Waals surface area contributed by atoms with Crippen molar-refractivity contribution in [2.45, 2.75) is 19.5 Å². The van der Waals surface area contributed by atoms with Crippen molar-refractivity contribution in [2.75, 3.05) is 42.7 Å². The lowest BCUT2D eigenvalue weighted by Gasteiger charge is -2.19. The van der Waals surface area contributed by atoms with E-state index in [4.69, 9.17) is 0 Å². The normalized spacial score (nSPS) is 11.2. The lowest BCUT2D eigenvalue weighted by molar-refractivity contribution is -0.137. The lowest BCUT2D eigenvalue weighted by Crippen LogP contribution is -2.25. The molecule has 0 spiro atoms. The van der Waals surface area contributed by atoms with Crippen molar-refractivity contribution in [3.8, 4) is 0 Å². The molecule has 1 aromatic carbocycles. The van der Waals surface area contributed by atoms with Gasteiger partial charge in [-0.2, -0.15) is 18.2 Å². The number of rotatable bonds is 7. The molecule has 2 rings (SSSR count). The number of amides is 2. The number of halogens is 3.